The second-order valence-electron chi connectivity index (χ2n) is 5.08. The summed E-state index contributed by atoms with van der Waals surface area (Å²) in [7, 11) is 0. The van der Waals surface area contributed by atoms with Crippen LogP contribution >= 0.6 is 11.8 Å². The van der Waals surface area contributed by atoms with Crippen molar-refractivity contribution in [1.82, 2.24) is 9.97 Å². The van der Waals surface area contributed by atoms with Crippen molar-refractivity contribution in [2.24, 2.45) is 0 Å². The fraction of sp³-hybridized carbons (Fsp3) is 0.412. The van der Waals surface area contributed by atoms with E-state index in [4.69, 9.17) is 0 Å². The summed E-state index contributed by atoms with van der Waals surface area (Å²) in [6.07, 6.45) is 5.23. The first-order chi connectivity index (χ1) is 10.3. The zero-order valence-corrected chi connectivity index (χ0v) is 13.3. The van der Waals surface area contributed by atoms with Crippen LogP contribution in [0, 0.1) is 0 Å². The number of thioether (sulfide) groups is 1. The highest BCUT2D eigenvalue weighted by Gasteiger charge is 2.02. The van der Waals surface area contributed by atoms with Crippen molar-refractivity contribution in [2.75, 3.05) is 5.75 Å². The Bertz CT molecular complexity index is 595. The van der Waals surface area contributed by atoms with E-state index < -0.39 is 0 Å². The third kappa shape index (κ3) is 5.76. The van der Waals surface area contributed by atoms with Crippen molar-refractivity contribution in [1.29, 1.82) is 0 Å². The third-order valence-electron chi connectivity index (χ3n) is 3.25. The summed E-state index contributed by atoms with van der Waals surface area (Å²) in [5.41, 5.74) is 2.23. The average molecular weight is 302 g/mol. The Morgan fingerprint density at radius 1 is 1.14 bits per heavy atom. The first-order valence-electron chi connectivity index (χ1n) is 7.55. The van der Waals surface area contributed by atoms with E-state index in [1.54, 1.807) is 17.8 Å². The van der Waals surface area contributed by atoms with Crippen LogP contribution in [0.3, 0.4) is 0 Å². The van der Waals surface area contributed by atoms with Gasteiger partial charge in [-0.1, -0.05) is 55.4 Å². The monoisotopic (exact) mass is 302 g/mol. The zero-order chi connectivity index (χ0) is 14.9. The van der Waals surface area contributed by atoms with E-state index in [9.17, 15) is 4.79 Å². The van der Waals surface area contributed by atoms with Crippen molar-refractivity contribution in [3.05, 3.63) is 58.0 Å². The van der Waals surface area contributed by atoms with Crippen LogP contribution in [0.25, 0.3) is 0 Å². The number of H-pyrrole nitrogens is 1. The lowest BCUT2D eigenvalue weighted by atomic mass is 10.1. The summed E-state index contributed by atoms with van der Waals surface area (Å²) in [5, 5.41) is 0.752. The van der Waals surface area contributed by atoms with E-state index in [0.717, 1.165) is 48.7 Å². The molecule has 0 aliphatic rings. The van der Waals surface area contributed by atoms with E-state index in [1.807, 2.05) is 6.07 Å². The average Bonchev–Trinajstić information content (AvgIpc) is 2.50. The minimum Gasteiger partial charge on any atom is -0.301 e. The van der Waals surface area contributed by atoms with Crippen LogP contribution < -0.4 is 5.56 Å². The summed E-state index contributed by atoms with van der Waals surface area (Å²) in [6, 6.07) is 12.1. The number of nitrogens with zero attached hydrogens (tertiary/aromatic N) is 1. The van der Waals surface area contributed by atoms with E-state index in [0.29, 0.717) is 0 Å². The first kappa shape index (κ1) is 15.8. The third-order valence-corrected chi connectivity index (χ3v) is 4.21. The van der Waals surface area contributed by atoms with Gasteiger partial charge in [-0.05, 0) is 31.2 Å². The maximum Gasteiger partial charge on any atom is 0.251 e. The maximum absolute atomic E-state index is 11.6. The van der Waals surface area contributed by atoms with Gasteiger partial charge in [-0.3, -0.25) is 4.79 Å². The Hall–Kier alpha value is -1.55. The Morgan fingerprint density at radius 3 is 2.71 bits per heavy atom. The van der Waals surface area contributed by atoms with Gasteiger partial charge in [0, 0.05) is 17.5 Å². The molecule has 0 aliphatic heterocycles. The van der Waals surface area contributed by atoms with Crippen LogP contribution in [-0.2, 0) is 12.8 Å². The van der Waals surface area contributed by atoms with E-state index in [2.05, 4.69) is 41.2 Å². The predicted octanol–water partition coefficient (Wildman–Crippen LogP) is 3.84. The Labute approximate surface area is 130 Å². The van der Waals surface area contributed by atoms with Crippen LogP contribution in [0.4, 0.5) is 0 Å². The summed E-state index contributed by atoms with van der Waals surface area (Å²) in [5.74, 6) is 0.967. The van der Waals surface area contributed by atoms with Gasteiger partial charge in [-0.2, -0.15) is 0 Å². The molecule has 2 rings (SSSR count). The van der Waals surface area contributed by atoms with E-state index >= 15 is 0 Å². The van der Waals surface area contributed by atoms with Crippen LogP contribution in [-0.4, -0.2) is 15.7 Å². The Balaban J connectivity index is 1.82. The normalized spacial score (nSPS) is 10.7. The van der Waals surface area contributed by atoms with Gasteiger partial charge >= 0.3 is 0 Å². The predicted molar refractivity (Wildman–Crippen MR) is 89.0 cm³/mol. The van der Waals surface area contributed by atoms with Crippen molar-refractivity contribution in [3.8, 4) is 0 Å². The minimum absolute atomic E-state index is 0.0401. The maximum atomic E-state index is 11.6. The molecule has 4 heteroatoms. The Kier molecular flexibility index (Phi) is 6.54. The molecular formula is C17H22N2OS. The molecular weight excluding hydrogens is 280 g/mol. The summed E-state index contributed by atoms with van der Waals surface area (Å²) in [6.45, 7) is 2.15. The number of aryl methyl sites for hydroxylation is 2. The number of rotatable bonds is 8. The van der Waals surface area contributed by atoms with Gasteiger partial charge in [0.2, 0.25) is 0 Å². The molecule has 0 saturated carbocycles. The number of hydrogen-bond donors (Lipinski definition) is 1. The molecule has 0 radical (unpaired) electrons. The minimum atomic E-state index is -0.0401. The molecule has 3 nitrogen and oxygen atoms in total. The molecule has 1 N–H and O–H groups in total. The number of aromatic nitrogens is 2. The molecule has 2 aromatic rings. The highest BCUT2D eigenvalue weighted by atomic mass is 32.2. The smallest absolute Gasteiger partial charge is 0.251 e. The number of aromatic amines is 1. The lowest BCUT2D eigenvalue weighted by molar-refractivity contribution is 0.751. The highest BCUT2D eigenvalue weighted by Crippen LogP contribution is 2.15. The largest absolute Gasteiger partial charge is 0.301 e. The van der Waals surface area contributed by atoms with E-state index in [-0.39, 0.29) is 5.56 Å². The molecule has 0 unspecified atom stereocenters. The van der Waals surface area contributed by atoms with Crippen LogP contribution in [0.5, 0.6) is 0 Å². The molecule has 1 aromatic carbocycles. The van der Waals surface area contributed by atoms with Gasteiger partial charge in [0.15, 0.2) is 5.16 Å². The summed E-state index contributed by atoms with van der Waals surface area (Å²) in [4.78, 5) is 19.0. The molecule has 112 valence electrons. The fourth-order valence-electron chi connectivity index (χ4n) is 2.13. The number of unbranched alkanes of at least 4 members (excludes halogenated alkanes) is 1. The number of benzene rings is 1. The van der Waals surface area contributed by atoms with Crippen molar-refractivity contribution < 1.29 is 0 Å². The van der Waals surface area contributed by atoms with Gasteiger partial charge < -0.3 is 4.98 Å². The first-order valence-corrected chi connectivity index (χ1v) is 8.53. The Morgan fingerprint density at radius 2 is 1.95 bits per heavy atom. The molecule has 1 heterocycles. The van der Waals surface area contributed by atoms with Gasteiger partial charge in [0.25, 0.3) is 5.56 Å². The van der Waals surface area contributed by atoms with Crippen molar-refractivity contribution in [2.45, 2.75) is 44.2 Å². The van der Waals surface area contributed by atoms with Crippen molar-refractivity contribution >= 4 is 11.8 Å². The summed E-state index contributed by atoms with van der Waals surface area (Å²) >= 11 is 1.63. The van der Waals surface area contributed by atoms with Gasteiger partial charge in [-0.15, -0.1) is 0 Å². The lowest BCUT2D eigenvalue weighted by Gasteiger charge is -2.04. The van der Waals surface area contributed by atoms with Crippen LogP contribution in [0.15, 0.2) is 46.3 Å². The van der Waals surface area contributed by atoms with Gasteiger partial charge in [0.05, 0.1) is 0 Å². The molecule has 21 heavy (non-hydrogen) atoms. The summed E-state index contributed by atoms with van der Waals surface area (Å²) < 4.78 is 0. The second kappa shape index (κ2) is 8.67. The number of hydrogen-bond acceptors (Lipinski definition) is 3. The second-order valence-corrected chi connectivity index (χ2v) is 6.17. The van der Waals surface area contributed by atoms with Crippen LogP contribution in [0.2, 0.25) is 0 Å². The zero-order valence-electron chi connectivity index (χ0n) is 12.5. The molecule has 1 aromatic heterocycles. The molecule has 0 spiro atoms. The van der Waals surface area contributed by atoms with Crippen molar-refractivity contribution in [3.63, 3.8) is 0 Å². The molecule has 0 bridgehead atoms. The van der Waals surface area contributed by atoms with E-state index in [1.165, 1.54) is 5.56 Å². The van der Waals surface area contributed by atoms with Gasteiger partial charge in [0.1, 0.15) is 0 Å². The molecule has 0 fully saturated rings. The topological polar surface area (TPSA) is 45.8 Å². The van der Waals surface area contributed by atoms with Crippen LogP contribution in [0.1, 0.15) is 37.4 Å². The highest BCUT2D eigenvalue weighted by molar-refractivity contribution is 7.99. The number of nitrogens with one attached hydrogen (secondary N) is 1. The standard InChI is InChI=1S/C17H22N2OS/c1-2-3-11-15-13-16(20)19-17(18-15)21-12-7-10-14-8-5-4-6-9-14/h4-6,8-9,13H,2-3,7,10-12H2,1H3,(H,18,19,20). The van der Waals surface area contributed by atoms with Gasteiger partial charge in [-0.25, -0.2) is 4.98 Å². The molecule has 0 saturated heterocycles. The SMILES string of the molecule is CCCCc1cc(=O)[nH]c(SCCCc2ccccc2)n1. The quantitative estimate of drug-likeness (QED) is 0.458. The lowest BCUT2D eigenvalue weighted by Crippen LogP contribution is -2.10. The molecule has 0 amide bonds. The molecule has 0 aliphatic carbocycles. The fourth-order valence-corrected chi connectivity index (χ4v) is 2.96. The molecule has 0 atom stereocenters.